The Morgan fingerprint density at radius 3 is 2.58 bits per heavy atom. The number of carbonyl (C=O) groups excluding carboxylic acids is 2. The van der Waals surface area contributed by atoms with Gasteiger partial charge in [0.25, 0.3) is 5.91 Å². The monoisotopic (exact) mass is 373 g/mol. The van der Waals surface area contributed by atoms with Crippen molar-refractivity contribution >= 4 is 29.3 Å². The van der Waals surface area contributed by atoms with E-state index in [0.717, 1.165) is 4.90 Å². The third-order valence-corrected chi connectivity index (χ3v) is 4.78. The number of anilines is 1. The van der Waals surface area contributed by atoms with Gasteiger partial charge in [-0.3, -0.25) is 9.59 Å². The van der Waals surface area contributed by atoms with Gasteiger partial charge in [0.2, 0.25) is 6.79 Å². The van der Waals surface area contributed by atoms with Crippen molar-refractivity contribution < 1.29 is 23.8 Å². The molecule has 2 aromatic rings. The zero-order valence-electron chi connectivity index (χ0n) is 14.4. The molecule has 0 saturated carbocycles. The predicted octanol–water partition coefficient (Wildman–Crippen LogP) is 3.47. The molecule has 0 aliphatic carbocycles. The third kappa shape index (κ3) is 4.49. The van der Waals surface area contributed by atoms with E-state index in [9.17, 15) is 9.59 Å². The van der Waals surface area contributed by atoms with Crippen LogP contribution in [-0.2, 0) is 14.3 Å². The molecule has 1 aliphatic heterocycles. The van der Waals surface area contributed by atoms with Crippen molar-refractivity contribution in [1.29, 1.82) is 0 Å². The van der Waals surface area contributed by atoms with Crippen molar-refractivity contribution in [3.63, 3.8) is 0 Å². The van der Waals surface area contributed by atoms with Gasteiger partial charge in [0.05, 0.1) is 0 Å². The summed E-state index contributed by atoms with van der Waals surface area (Å²) in [5, 5.41) is 2.29. The highest BCUT2D eigenvalue weighted by molar-refractivity contribution is 8.00. The summed E-state index contributed by atoms with van der Waals surface area (Å²) in [6, 6.07) is 14.7. The summed E-state index contributed by atoms with van der Waals surface area (Å²) < 4.78 is 15.8. The minimum atomic E-state index is -0.910. The van der Waals surface area contributed by atoms with Gasteiger partial charge in [-0.05, 0) is 38.1 Å². The number of ether oxygens (including phenoxy) is 3. The third-order valence-electron chi connectivity index (χ3n) is 3.69. The van der Waals surface area contributed by atoms with Gasteiger partial charge < -0.3 is 19.5 Å². The number of nitrogens with one attached hydrogen (secondary N) is 1. The molecule has 0 radical (unpaired) electrons. The lowest BCUT2D eigenvalue weighted by Crippen LogP contribution is -2.32. The minimum Gasteiger partial charge on any atom is -0.454 e. The van der Waals surface area contributed by atoms with Crippen LogP contribution in [0.3, 0.4) is 0 Å². The Kier molecular flexibility index (Phi) is 5.68. The van der Waals surface area contributed by atoms with Crippen LogP contribution in [0.2, 0.25) is 0 Å². The zero-order chi connectivity index (χ0) is 18.5. The van der Waals surface area contributed by atoms with Crippen LogP contribution in [0.1, 0.15) is 13.8 Å². The summed E-state index contributed by atoms with van der Waals surface area (Å²) in [6.07, 6.45) is -0.910. The summed E-state index contributed by atoms with van der Waals surface area (Å²) in [6.45, 7) is 3.46. The lowest BCUT2D eigenvalue weighted by molar-refractivity contribution is -0.152. The molecule has 0 aromatic heterocycles. The molecule has 1 N–H and O–H groups in total. The van der Waals surface area contributed by atoms with Crippen molar-refractivity contribution in [1.82, 2.24) is 0 Å². The van der Waals surface area contributed by atoms with E-state index in [-0.39, 0.29) is 6.79 Å². The molecule has 1 aliphatic rings. The fraction of sp³-hybridized carbons (Fsp3) is 0.263. The van der Waals surface area contributed by atoms with Crippen LogP contribution >= 0.6 is 11.8 Å². The van der Waals surface area contributed by atoms with Crippen LogP contribution in [0, 0.1) is 0 Å². The molecule has 1 amide bonds. The quantitative estimate of drug-likeness (QED) is 0.617. The van der Waals surface area contributed by atoms with Gasteiger partial charge in [0.1, 0.15) is 5.25 Å². The molecular formula is C19H19NO5S. The van der Waals surface area contributed by atoms with Gasteiger partial charge in [-0.1, -0.05) is 18.2 Å². The molecule has 2 atom stereocenters. The Morgan fingerprint density at radius 2 is 1.81 bits per heavy atom. The minimum absolute atomic E-state index is 0.164. The fourth-order valence-corrected chi connectivity index (χ4v) is 3.17. The Balaban J connectivity index is 1.52. The number of fused-ring (bicyclic) bond motifs is 1. The van der Waals surface area contributed by atoms with Gasteiger partial charge in [-0.25, -0.2) is 0 Å². The van der Waals surface area contributed by atoms with E-state index in [1.807, 2.05) is 30.3 Å². The summed E-state index contributed by atoms with van der Waals surface area (Å²) in [5.41, 5.74) is 0.550. The molecule has 0 bridgehead atoms. The second-order valence-corrected chi connectivity index (χ2v) is 7.12. The molecule has 2 aromatic carbocycles. The molecule has 6 nitrogen and oxygen atoms in total. The smallest absolute Gasteiger partial charge is 0.319 e. The zero-order valence-corrected chi connectivity index (χ0v) is 15.2. The normalized spacial score (nSPS) is 14.4. The first-order valence-corrected chi connectivity index (χ1v) is 9.03. The lowest BCUT2D eigenvalue weighted by atomic mass is 10.2. The van der Waals surface area contributed by atoms with Crippen LogP contribution in [-0.4, -0.2) is 30.0 Å². The molecule has 0 saturated heterocycles. The van der Waals surface area contributed by atoms with Crippen molar-refractivity contribution in [2.75, 3.05) is 12.1 Å². The maximum Gasteiger partial charge on any atom is 0.319 e. The molecule has 136 valence electrons. The van der Waals surface area contributed by atoms with E-state index in [4.69, 9.17) is 14.2 Å². The van der Waals surface area contributed by atoms with Gasteiger partial charge in [-0.15, -0.1) is 11.8 Å². The standard InChI is InChI=1S/C19H19NO5S/c1-12(25-19(22)13(2)26-15-6-4-3-5-7-15)18(21)20-14-8-9-16-17(10-14)24-11-23-16/h3-10,12-13H,11H2,1-2H3,(H,20,21)/t12-,13-/m1/s1. The molecule has 0 spiro atoms. The van der Waals surface area contributed by atoms with Crippen molar-refractivity contribution in [2.45, 2.75) is 30.1 Å². The number of hydrogen-bond acceptors (Lipinski definition) is 6. The molecule has 0 unspecified atom stereocenters. The average Bonchev–Trinajstić information content (AvgIpc) is 3.10. The first kappa shape index (κ1) is 18.1. The summed E-state index contributed by atoms with van der Waals surface area (Å²) in [5.74, 6) is 0.357. The Morgan fingerprint density at radius 1 is 1.08 bits per heavy atom. The Hall–Kier alpha value is -2.67. The number of benzene rings is 2. The largest absolute Gasteiger partial charge is 0.454 e. The Labute approximate surface area is 155 Å². The van der Waals surface area contributed by atoms with E-state index in [2.05, 4.69) is 5.32 Å². The number of amides is 1. The van der Waals surface area contributed by atoms with Crippen LogP contribution in [0.15, 0.2) is 53.4 Å². The van der Waals surface area contributed by atoms with E-state index in [1.165, 1.54) is 11.8 Å². The lowest BCUT2D eigenvalue weighted by Gasteiger charge is -2.16. The van der Waals surface area contributed by atoms with Gasteiger partial charge in [0.15, 0.2) is 17.6 Å². The van der Waals surface area contributed by atoms with Crippen LogP contribution in [0.4, 0.5) is 5.69 Å². The summed E-state index contributed by atoms with van der Waals surface area (Å²) >= 11 is 1.39. The van der Waals surface area contributed by atoms with Gasteiger partial charge in [0, 0.05) is 16.6 Å². The summed E-state index contributed by atoms with van der Waals surface area (Å²) in [7, 11) is 0. The predicted molar refractivity (Wildman–Crippen MR) is 98.5 cm³/mol. The molecule has 3 rings (SSSR count). The number of esters is 1. The SMILES string of the molecule is C[C@@H](OC(=O)[C@@H](C)Sc1ccccc1)C(=O)Nc1ccc2c(c1)OCO2. The van der Waals surface area contributed by atoms with Crippen molar-refractivity contribution in [3.05, 3.63) is 48.5 Å². The molecule has 7 heteroatoms. The molecule has 1 heterocycles. The maximum atomic E-state index is 12.3. The average molecular weight is 373 g/mol. The van der Waals surface area contributed by atoms with Gasteiger partial charge in [-0.2, -0.15) is 0 Å². The van der Waals surface area contributed by atoms with E-state index < -0.39 is 23.2 Å². The van der Waals surface area contributed by atoms with Crippen LogP contribution in [0.25, 0.3) is 0 Å². The maximum absolute atomic E-state index is 12.3. The number of carbonyl (C=O) groups is 2. The Bertz CT molecular complexity index is 796. The first-order chi connectivity index (χ1) is 12.5. The van der Waals surface area contributed by atoms with Crippen molar-refractivity contribution in [2.24, 2.45) is 0 Å². The second-order valence-electron chi connectivity index (χ2n) is 5.71. The molecule has 0 fully saturated rings. The topological polar surface area (TPSA) is 73.9 Å². The highest BCUT2D eigenvalue weighted by Gasteiger charge is 2.23. The van der Waals surface area contributed by atoms with Crippen LogP contribution < -0.4 is 14.8 Å². The first-order valence-electron chi connectivity index (χ1n) is 8.15. The van der Waals surface area contributed by atoms with Crippen LogP contribution in [0.5, 0.6) is 11.5 Å². The molecule has 26 heavy (non-hydrogen) atoms. The summed E-state index contributed by atoms with van der Waals surface area (Å²) in [4.78, 5) is 25.4. The number of hydrogen-bond donors (Lipinski definition) is 1. The highest BCUT2D eigenvalue weighted by atomic mass is 32.2. The van der Waals surface area contributed by atoms with Crippen molar-refractivity contribution in [3.8, 4) is 11.5 Å². The number of rotatable bonds is 6. The van der Waals surface area contributed by atoms with E-state index in [1.54, 1.807) is 32.0 Å². The fourth-order valence-electron chi connectivity index (χ4n) is 2.29. The highest BCUT2D eigenvalue weighted by Crippen LogP contribution is 2.34. The van der Waals surface area contributed by atoms with Gasteiger partial charge >= 0.3 is 5.97 Å². The molecular weight excluding hydrogens is 354 g/mol. The number of thioether (sulfide) groups is 1. The van der Waals surface area contributed by atoms with E-state index >= 15 is 0 Å². The van der Waals surface area contributed by atoms with E-state index in [0.29, 0.717) is 17.2 Å². The second kappa shape index (κ2) is 8.14.